The number of rotatable bonds is 2. The summed E-state index contributed by atoms with van der Waals surface area (Å²) in [6, 6.07) is 6.23. The molecule has 2 aromatic rings. The Labute approximate surface area is 105 Å². The van der Waals surface area contributed by atoms with E-state index in [1.165, 1.54) is 23.5 Å². The molecule has 0 unspecified atom stereocenters. The van der Waals surface area contributed by atoms with Crippen molar-refractivity contribution in [2.24, 2.45) is 0 Å². The van der Waals surface area contributed by atoms with Crippen LogP contribution in [0.5, 0.6) is 0 Å². The average molecular weight is 299 g/mol. The van der Waals surface area contributed by atoms with Gasteiger partial charge in [0.05, 0.1) is 10.4 Å². The second-order valence-electron chi connectivity index (χ2n) is 3.39. The molecule has 0 saturated carbocycles. The Morgan fingerprint density at radius 2 is 2.12 bits per heavy atom. The van der Waals surface area contributed by atoms with Crippen molar-refractivity contribution in [1.29, 1.82) is 0 Å². The van der Waals surface area contributed by atoms with Crippen LogP contribution in [0.2, 0.25) is 0 Å². The Morgan fingerprint density at radius 3 is 2.75 bits per heavy atom. The lowest BCUT2D eigenvalue weighted by Gasteiger charge is -2.02. The molecular formula is C12H8BrFOS. The zero-order valence-electron chi connectivity index (χ0n) is 8.46. The van der Waals surface area contributed by atoms with Crippen molar-refractivity contribution in [3.63, 3.8) is 0 Å². The molecule has 82 valence electrons. The van der Waals surface area contributed by atoms with Crippen LogP contribution in [0.1, 0.15) is 20.8 Å². The van der Waals surface area contributed by atoms with Crippen molar-refractivity contribution in [2.75, 3.05) is 0 Å². The predicted octanol–water partition coefficient (Wildman–Crippen LogP) is 4.19. The smallest absolute Gasteiger partial charge is 0.206 e. The van der Waals surface area contributed by atoms with Crippen LogP contribution >= 0.6 is 27.3 Å². The van der Waals surface area contributed by atoms with E-state index in [4.69, 9.17) is 0 Å². The molecule has 1 aromatic carbocycles. The van der Waals surface area contributed by atoms with Gasteiger partial charge in [-0.1, -0.05) is 15.9 Å². The van der Waals surface area contributed by atoms with Crippen LogP contribution in [0.25, 0.3) is 0 Å². The Bertz CT molecular complexity index is 548. The molecule has 0 aliphatic rings. The fourth-order valence-electron chi connectivity index (χ4n) is 1.40. The maximum Gasteiger partial charge on any atom is 0.206 e. The molecular weight excluding hydrogens is 291 g/mol. The first-order valence-corrected chi connectivity index (χ1v) is 6.30. The van der Waals surface area contributed by atoms with Gasteiger partial charge in [0.15, 0.2) is 0 Å². The molecule has 0 N–H and O–H groups in total. The van der Waals surface area contributed by atoms with Gasteiger partial charge >= 0.3 is 0 Å². The quantitative estimate of drug-likeness (QED) is 0.760. The van der Waals surface area contributed by atoms with Gasteiger partial charge in [-0.25, -0.2) is 4.39 Å². The largest absolute Gasteiger partial charge is 0.288 e. The van der Waals surface area contributed by atoms with Crippen molar-refractivity contribution < 1.29 is 9.18 Å². The lowest BCUT2D eigenvalue weighted by atomic mass is 10.1. The second-order valence-corrected chi connectivity index (χ2v) is 5.22. The first kappa shape index (κ1) is 11.5. The number of carbonyl (C=O) groups excluding carboxylic acids is 1. The number of hydrogen-bond acceptors (Lipinski definition) is 2. The van der Waals surface area contributed by atoms with Crippen LogP contribution in [-0.4, -0.2) is 5.78 Å². The van der Waals surface area contributed by atoms with Crippen LogP contribution in [-0.2, 0) is 0 Å². The SMILES string of the molecule is Cc1ccsc1C(=O)c1cc(Br)ccc1F. The van der Waals surface area contributed by atoms with E-state index < -0.39 is 5.82 Å². The summed E-state index contributed by atoms with van der Waals surface area (Å²) in [6.45, 7) is 1.85. The molecule has 0 bridgehead atoms. The van der Waals surface area contributed by atoms with Crippen molar-refractivity contribution in [3.8, 4) is 0 Å². The standard InChI is InChI=1S/C12H8BrFOS/c1-7-4-5-16-12(7)11(15)9-6-8(13)2-3-10(9)14/h2-6H,1H3. The predicted molar refractivity (Wildman–Crippen MR) is 66.6 cm³/mol. The average Bonchev–Trinajstić information content (AvgIpc) is 2.67. The van der Waals surface area contributed by atoms with E-state index in [2.05, 4.69) is 15.9 Å². The van der Waals surface area contributed by atoms with Gasteiger partial charge < -0.3 is 0 Å². The molecule has 0 amide bonds. The van der Waals surface area contributed by atoms with Gasteiger partial charge in [0, 0.05) is 4.47 Å². The van der Waals surface area contributed by atoms with Crippen LogP contribution in [0.4, 0.5) is 4.39 Å². The van der Waals surface area contributed by atoms with Crippen LogP contribution in [0.15, 0.2) is 34.1 Å². The highest BCUT2D eigenvalue weighted by molar-refractivity contribution is 9.10. The number of thiophene rings is 1. The molecule has 0 fully saturated rings. The van der Waals surface area contributed by atoms with Gasteiger partial charge in [-0.15, -0.1) is 11.3 Å². The van der Waals surface area contributed by atoms with E-state index in [-0.39, 0.29) is 11.3 Å². The van der Waals surface area contributed by atoms with Gasteiger partial charge in [0.25, 0.3) is 0 Å². The van der Waals surface area contributed by atoms with Crippen molar-refractivity contribution in [1.82, 2.24) is 0 Å². The summed E-state index contributed by atoms with van der Waals surface area (Å²) in [5.74, 6) is -0.743. The Morgan fingerprint density at radius 1 is 1.38 bits per heavy atom. The van der Waals surface area contributed by atoms with E-state index in [0.29, 0.717) is 9.35 Å². The molecule has 1 nitrogen and oxygen atoms in total. The molecule has 16 heavy (non-hydrogen) atoms. The summed E-state index contributed by atoms with van der Waals surface area (Å²) >= 11 is 4.57. The number of carbonyl (C=O) groups is 1. The van der Waals surface area contributed by atoms with Gasteiger partial charge in [0.2, 0.25) is 5.78 Å². The van der Waals surface area contributed by atoms with Crippen LogP contribution in [0.3, 0.4) is 0 Å². The normalized spacial score (nSPS) is 10.4. The third-order valence-electron chi connectivity index (χ3n) is 2.24. The minimum Gasteiger partial charge on any atom is -0.288 e. The third kappa shape index (κ3) is 2.08. The minimum absolute atomic E-state index is 0.111. The summed E-state index contributed by atoms with van der Waals surface area (Å²) < 4.78 is 14.2. The van der Waals surface area contributed by atoms with Gasteiger partial charge in [0.1, 0.15) is 5.82 Å². The van der Waals surface area contributed by atoms with E-state index in [0.717, 1.165) is 5.56 Å². The zero-order chi connectivity index (χ0) is 11.7. The number of hydrogen-bond donors (Lipinski definition) is 0. The highest BCUT2D eigenvalue weighted by atomic mass is 79.9. The van der Waals surface area contributed by atoms with E-state index in [9.17, 15) is 9.18 Å². The summed E-state index contributed by atoms with van der Waals surface area (Å²) in [4.78, 5) is 12.6. The summed E-state index contributed by atoms with van der Waals surface area (Å²) in [5, 5.41) is 1.83. The zero-order valence-corrected chi connectivity index (χ0v) is 10.9. The molecule has 2 rings (SSSR count). The van der Waals surface area contributed by atoms with E-state index >= 15 is 0 Å². The fourth-order valence-corrected chi connectivity index (χ4v) is 2.64. The minimum atomic E-state index is -0.485. The van der Waals surface area contributed by atoms with Gasteiger partial charge in [-0.3, -0.25) is 4.79 Å². The monoisotopic (exact) mass is 298 g/mol. The third-order valence-corrected chi connectivity index (χ3v) is 3.75. The van der Waals surface area contributed by atoms with Crippen molar-refractivity contribution in [2.45, 2.75) is 6.92 Å². The topological polar surface area (TPSA) is 17.1 Å². The molecule has 4 heteroatoms. The molecule has 0 saturated heterocycles. The number of halogens is 2. The van der Waals surface area contributed by atoms with E-state index in [1.807, 2.05) is 18.4 Å². The maximum absolute atomic E-state index is 13.5. The summed E-state index contributed by atoms with van der Waals surface area (Å²) in [5.41, 5.74) is 0.995. The molecule has 0 radical (unpaired) electrons. The molecule has 1 aromatic heterocycles. The summed E-state index contributed by atoms with van der Waals surface area (Å²) in [6.07, 6.45) is 0. The summed E-state index contributed by atoms with van der Waals surface area (Å²) in [7, 11) is 0. The number of ketones is 1. The fraction of sp³-hybridized carbons (Fsp3) is 0.0833. The highest BCUT2D eigenvalue weighted by Gasteiger charge is 2.17. The molecule has 0 aliphatic carbocycles. The van der Waals surface area contributed by atoms with Crippen molar-refractivity contribution >= 4 is 33.0 Å². The van der Waals surface area contributed by atoms with Crippen LogP contribution < -0.4 is 0 Å². The first-order valence-electron chi connectivity index (χ1n) is 4.63. The Hall–Kier alpha value is -1.00. The highest BCUT2D eigenvalue weighted by Crippen LogP contribution is 2.23. The second kappa shape index (κ2) is 4.47. The van der Waals surface area contributed by atoms with Gasteiger partial charge in [-0.05, 0) is 42.1 Å². The van der Waals surface area contributed by atoms with Crippen LogP contribution in [0, 0.1) is 12.7 Å². The first-order chi connectivity index (χ1) is 7.59. The lowest BCUT2D eigenvalue weighted by molar-refractivity contribution is 0.103. The van der Waals surface area contributed by atoms with Crippen molar-refractivity contribution in [3.05, 3.63) is 55.9 Å². The van der Waals surface area contributed by atoms with E-state index in [1.54, 1.807) is 6.07 Å². The number of benzene rings is 1. The molecule has 0 aliphatic heterocycles. The maximum atomic E-state index is 13.5. The molecule has 0 atom stereocenters. The Kier molecular flexibility index (Phi) is 3.21. The molecule has 0 spiro atoms. The number of aryl methyl sites for hydroxylation is 1. The molecule has 1 heterocycles. The van der Waals surface area contributed by atoms with Gasteiger partial charge in [-0.2, -0.15) is 0 Å². The Balaban J connectivity index is 2.49. The lowest BCUT2D eigenvalue weighted by Crippen LogP contribution is -2.03.